The fourth-order valence-electron chi connectivity index (χ4n) is 5.48. The topological polar surface area (TPSA) is 110 Å². The smallest absolute Gasteiger partial charge is 0.351 e. The van der Waals surface area contributed by atoms with E-state index in [1.165, 1.54) is 6.92 Å². The zero-order valence-electron chi connectivity index (χ0n) is 21.4. The maximum atomic E-state index is 13.5. The first kappa shape index (κ1) is 26.9. The van der Waals surface area contributed by atoms with Crippen molar-refractivity contribution < 1.29 is 32.7 Å². The zero-order valence-corrected chi connectivity index (χ0v) is 21.4. The van der Waals surface area contributed by atoms with E-state index in [1.807, 2.05) is 0 Å². The summed E-state index contributed by atoms with van der Waals surface area (Å²) in [6.45, 7) is 8.17. The van der Waals surface area contributed by atoms with Gasteiger partial charge >= 0.3 is 12.5 Å². The molecule has 2 aromatic rings. The molecule has 0 radical (unpaired) electrons. The van der Waals surface area contributed by atoms with Crippen LogP contribution in [0.3, 0.4) is 0 Å². The van der Waals surface area contributed by atoms with Crippen molar-refractivity contribution in [2.75, 3.05) is 11.9 Å². The number of likely N-dealkylation sites (tertiary alicyclic amines) is 1. The molecule has 0 unspecified atom stereocenters. The average Bonchev–Trinajstić information content (AvgIpc) is 3.13. The van der Waals surface area contributed by atoms with Crippen LogP contribution in [0.4, 0.5) is 19.0 Å². The van der Waals surface area contributed by atoms with E-state index in [4.69, 9.17) is 0 Å². The van der Waals surface area contributed by atoms with Crippen LogP contribution >= 0.6 is 0 Å². The van der Waals surface area contributed by atoms with Crippen molar-refractivity contribution in [2.45, 2.75) is 89.3 Å². The average molecular weight is 524 g/mol. The number of amides is 2. The van der Waals surface area contributed by atoms with Crippen molar-refractivity contribution in [3.63, 3.8) is 0 Å². The molecule has 1 aromatic heterocycles. The largest absolute Gasteiger partial charge is 0.416 e. The van der Waals surface area contributed by atoms with Gasteiger partial charge in [-0.25, -0.2) is 0 Å². The summed E-state index contributed by atoms with van der Waals surface area (Å²) in [5, 5.41) is 19.7. The van der Waals surface area contributed by atoms with Gasteiger partial charge in [-0.2, -0.15) is 13.2 Å². The predicted octanol–water partition coefficient (Wildman–Crippen LogP) is 2.61. The summed E-state index contributed by atoms with van der Waals surface area (Å²) in [5.41, 5.74) is -0.835. The SMILES string of the molecule is CC(=O)N[C@@H]1C[C@H](NC(C)(C)C)CC[C@@H]1N1CC[C@H](Nc2nc[n+](O)c3ccc(C(F)(F)F)cc23)C1=O. The Morgan fingerprint density at radius 1 is 1.19 bits per heavy atom. The van der Waals surface area contributed by atoms with Crippen molar-refractivity contribution in [1.82, 2.24) is 20.5 Å². The van der Waals surface area contributed by atoms with Crippen LogP contribution in [0.2, 0.25) is 0 Å². The third kappa shape index (κ3) is 6.06. The first-order chi connectivity index (χ1) is 17.2. The number of halogens is 3. The highest BCUT2D eigenvalue weighted by molar-refractivity contribution is 5.92. The number of aromatic nitrogens is 2. The predicted molar refractivity (Wildman–Crippen MR) is 130 cm³/mol. The van der Waals surface area contributed by atoms with E-state index in [0.717, 1.165) is 30.9 Å². The van der Waals surface area contributed by atoms with Gasteiger partial charge in [-0.3, -0.25) is 9.59 Å². The Bertz CT molecular complexity index is 1180. The highest BCUT2D eigenvalue weighted by Crippen LogP contribution is 2.33. The molecule has 1 aliphatic heterocycles. The van der Waals surface area contributed by atoms with E-state index in [0.29, 0.717) is 30.5 Å². The van der Waals surface area contributed by atoms with Gasteiger partial charge in [0.1, 0.15) is 6.04 Å². The lowest BCUT2D eigenvalue weighted by Crippen LogP contribution is -2.59. The van der Waals surface area contributed by atoms with Gasteiger partial charge in [0.05, 0.1) is 23.0 Å². The minimum absolute atomic E-state index is 0.0518. The van der Waals surface area contributed by atoms with E-state index < -0.39 is 17.8 Å². The number of fused-ring (bicyclic) bond motifs is 1. The second kappa shape index (κ2) is 9.96. The van der Waals surface area contributed by atoms with E-state index in [1.54, 1.807) is 4.90 Å². The molecule has 4 N–H and O–H groups in total. The molecular formula is C25H34F3N6O3+. The normalized spacial score (nSPS) is 24.9. The minimum Gasteiger partial charge on any atom is -0.351 e. The minimum atomic E-state index is -4.57. The summed E-state index contributed by atoms with van der Waals surface area (Å²) in [6, 6.07) is 2.07. The fourth-order valence-corrected chi connectivity index (χ4v) is 5.48. The lowest BCUT2D eigenvalue weighted by atomic mass is 9.84. The lowest BCUT2D eigenvalue weighted by molar-refractivity contribution is -0.886. The van der Waals surface area contributed by atoms with Crippen molar-refractivity contribution in [1.29, 1.82) is 0 Å². The molecule has 2 aliphatic rings. The van der Waals surface area contributed by atoms with Crippen LogP contribution in [-0.2, 0) is 15.8 Å². The summed E-state index contributed by atoms with van der Waals surface area (Å²) in [7, 11) is 0. The third-order valence-electron chi connectivity index (χ3n) is 6.91. The van der Waals surface area contributed by atoms with Gasteiger partial charge < -0.3 is 26.1 Å². The van der Waals surface area contributed by atoms with Crippen LogP contribution in [0.25, 0.3) is 10.9 Å². The number of nitrogens with one attached hydrogen (secondary N) is 3. The van der Waals surface area contributed by atoms with Gasteiger partial charge in [0, 0.05) is 25.0 Å². The molecule has 2 fully saturated rings. The number of carbonyl (C=O) groups is 2. The number of anilines is 1. The summed E-state index contributed by atoms with van der Waals surface area (Å²) in [4.78, 5) is 31.2. The standard InChI is InChI=1S/C25H33F3N6O3/c1-14(35)30-19-12-16(32-24(2,3)4)6-8-21(19)33-10-9-18(23(33)36)31-22-17-11-15(25(26,27)28)5-7-20(17)34(37)13-29-22/h5,7,11,13,16,18-19,21,32,37H,6,8-10,12H2,1-4H3,(H,30,35)/p+1/t16-,18+,19-,21+/m1/s1. The van der Waals surface area contributed by atoms with Crippen molar-refractivity contribution in [3.05, 3.63) is 30.1 Å². The van der Waals surface area contributed by atoms with Gasteiger partial charge in [0.15, 0.2) is 5.52 Å². The van der Waals surface area contributed by atoms with Gasteiger partial charge in [0.2, 0.25) is 11.8 Å². The maximum Gasteiger partial charge on any atom is 0.416 e. The van der Waals surface area contributed by atoms with Crippen LogP contribution in [0, 0.1) is 0 Å². The van der Waals surface area contributed by atoms with Gasteiger partial charge in [-0.05, 0) is 74.4 Å². The van der Waals surface area contributed by atoms with Crippen LogP contribution in [0.5, 0.6) is 0 Å². The fraction of sp³-hybridized carbons (Fsp3) is 0.600. The molecule has 4 atom stereocenters. The van der Waals surface area contributed by atoms with Gasteiger partial charge in [0.25, 0.3) is 5.82 Å². The quantitative estimate of drug-likeness (QED) is 0.354. The number of rotatable bonds is 5. The Hall–Kier alpha value is -3.15. The molecule has 4 rings (SSSR count). The molecule has 0 spiro atoms. The van der Waals surface area contributed by atoms with Crippen molar-refractivity contribution in [2.24, 2.45) is 0 Å². The molecule has 1 aromatic carbocycles. The molecular weight excluding hydrogens is 489 g/mol. The Labute approximate surface area is 213 Å². The van der Waals surface area contributed by atoms with Crippen LogP contribution in [0.15, 0.2) is 24.5 Å². The monoisotopic (exact) mass is 523 g/mol. The van der Waals surface area contributed by atoms with Gasteiger partial charge in [-0.15, -0.1) is 0 Å². The van der Waals surface area contributed by atoms with E-state index in [2.05, 4.69) is 41.7 Å². The number of hydrogen-bond donors (Lipinski definition) is 4. The highest BCUT2D eigenvalue weighted by Gasteiger charge is 2.43. The van der Waals surface area contributed by atoms with Crippen LogP contribution < -0.4 is 20.7 Å². The number of benzene rings is 1. The number of nitrogens with zero attached hydrogens (tertiary/aromatic N) is 3. The van der Waals surface area contributed by atoms with Crippen LogP contribution in [0.1, 0.15) is 58.9 Å². The van der Waals surface area contributed by atoms with Crippen molar-refractivity contribution in [3.8, 4) is 0 Å². The number of alkyl halides is 3. The highest BCUT2D eigenvalue weighted by atomic mass is 19.4. The molecule has 9 nitrogen and oxygen atoms in total. The molecule has 1 saturated carbocycles. The van der Waals surface area contributed by atoms with Crippen LogP contribution in [-0.4, -0.2) is 63.2 Å². The molecule has 1 aliphatic carbocycles. The first-order valence-corrected chi connectivity index (χ1v) is 12.5. The van der Waals surface area contributed by atoms with Gasteiger partial charge in [-0.1, -0.05) is 0 Å². The van der Waals surface area contributed by atoms with E-state index in [9.17, 15) is 28.0 Å². The number of carbonyl (C=O) groups excluding carboxylic acids is 2. The summed E-state index contributed by atoms with van der Waals surface area (Å²) < 4.78 is 40.6. The third-order valence-corrected chi connectivity index (χ3v) is 6.91. The summed E-state index contributed by atoms with van der Waals surface area (Å²) >= 11 is 0. The molecule has 12 heteroatoms. The molecule has 2 amide bonds. The summed E-state index contributed by atoms with van der Waals surface area (Å²) in [6.07, 6.45) is -0.816. The maximum absolute atomic E-state index is 13.5. The van der Waals surface area contributed by atoms with Crippen molar-refractivity contribution >= 4 is 28.5 Å². The Morgan fingerprint density at radius 3 is 2.57 bits per heavy atom. The number of hydrogen-bond acceptors (Lipinski definition) is 6. The molecule has 1 saturated heterocycles. The molecule has 202 valence electrons. The Kier molecular flexibility index (Phi) is 7.24. The second-order valence-corrected chi connectivity index (χ2v) is 11.0. The first-order valence-electron chi connectivity index (χ1n) is 12.5. The van der Waals surface area contributed by atoms with E-state index in [-0.39, 0.29) is 52.2 Å². The molecule has 0 bridgehead atoms. The molecule has 2 heterocycles. The lowest BCUT2D eigenvalue weighted by Gasteiger charge is -2.43. The Morgan fingerprint density at radius 2 is 1.92 bits per heavy atom. The summed E-state index contributed by atoms with van der Waals surface area (Å²) in [5.74, 6) is -0.265. The Balaban J connectivity index is 1.54. The zero-order chi connectivity index (χ0) is 27.1. The molecule has 37 heavy (non-hydrogen) atoms. The van der Waals surface area contributed by atoms with E-state index >= 15 is 0 Å². The second-order valence-electron chi connectivity index (χ2n) is 11.0.